The molecule has 0 saturated heterocycles. The van der Waals surface area contributed by atoms with Crippen molar-refractivity contribution in [2.24, 2.45) is 0 Å². The number of rotatable bonds is 3. The Morgan fingerprint density at radius 3 is 2.45 bits per heavy atom. The molecule has 1 heterocycles. The van der Waals surface area contributed by atoms with Crippen LogP contribution in [0.2, 0.25) is 0 Å². The van der Waals surface area contributed by atoms with Crippen LogP contribution in [0, 0.1) is 0 Å². The van der Waals surface area contributed by atoms with Crippen LogP contribution < -0.4 is 10.6 Å². The van der Waals surface area contributed by atoms with Crippen molar-refractivity contribution in [2.45, 2.75) is 16.9 Å². The number of amides is 2. The summed E-state index contributed by atoms with van der Waals surface area (Å²) in [7, 11) is 0. The monoisotopic (exact) mass is 494 g/mol. The van der Waals surface area contributed by atoms with E-state index in [4.69, 9.17) is 4.74 Å². The van der Waals surface area contributed by atoms with Gasteiger partial charge in [0.05, 0.1) is 5.69 Å². The fraction of sp³-hybridized carbons (Fsp3) is 0.167. The van der Waals surface area contributed by atoms with Gasteiger partial charge in [0.2, 0.25) is 5.91 Å². The maximum Gasteiger partial charge on any atom is 0.407 e. The summed E-state index contributed by atoms with van der Waals surface area (Å²) >= 11 is 4.94. The van der Waals surface area contributed by atoms with E-state index in [9.17, 15) is 9.59 Å². The molecule has 3 aromatic carbocycles. The second-order valence-corrected chi connectivity index (χ2v) is 9.44. The number of halogens is 1. The van der Waals surface area contributed by atoms with Crippen molar-refractivity contribution in [3.63, 3.8) is 0 Å². The smallest absolute Gasteiger partial charge is 0.407 e. The Bertz CT molecular complexity index is 1140. The lowest BCUT2D eigenvalue weighted by Gasteiger charge is -2.17. The number of carbonyl (C=O) groups is 2. The lowest BCUT2D eigenvalue weighted by molar-refractivity contribution is -0.117. The van der Waals surface area contributed by atoms with E-state index in [0.717, 1.165) is 26.2 Å². The number of alkyl carbamates (subject to hydrolysis) is 1. The Morgan fingerprint density at radius 1 is 1.06 bits per heavy atom. The molecule has 2 N–H and O–H groups in total. The third-order valence-corrected chi connectivity index (χ3v) is 7.22. The van der Waals surface area contributed by atoms with E-state index >= 15 is 0 Å². The molecule has 1 atom stereocenters. The SMILES string of the molecule is O=C(N[C@H]1CSc2ccc(Br)cc2NC1=O)OCC1c2ccccc2-c2ccccc21. The fourth-order valence-corrected chi connectivity index (χ4v) is 5.46. The van der Waals surface area contributed by atoms with Gasteiger partial charge in [-0.2, -0.15) is 0 Å². The molecule has 0 saturated carbocycles. The summed E-state index contributed by atoms with van der Waals surface area (Å²) in [4.78, 5) is 26.1. The molecule has 3 aromatic rings. The molecule has 31 heavy (non-hydrogen) atoms. The third-order valence-electron chi connectivity index (χ3n) is 5.56. The van der Waals surface area contributed by atoms with Crippen LogP contribution in [0.1, 0.15) is 17.0 Å². The van der Waals surface area contributed by atoms with Crippen molar-refractivity contribution < 1.29 is 14.3 Å². The summed E-state index contributed by atoms with van der Waals surface area (Å²) in [6.45, 7) is 0.217. The second kappa shape index (κ2) is 8.40. The van der Waals surface area contributed by atoms with Crippen LogP contribution in [0.25, 0.3) is 11.1 Å². The number of hydrogen-bond acceptors (Lipinski definition) is 4. The summed E-state index contributed by atoms with van der Waals surface area (Å²) in [6, 6.07) is 21.4. The van der Waals surface area contributed by atoms with E-state index in [-0.39, 0.29) is 18.4 Å². The average molecular weight is 495 g/mol. The predicted octanol–water partition coefficient (Wildman–Crippen LogP) is 5.40. The zero-order valence-electron chi connectivity index (χ0n) is 16.4. The standard InChI is InChI=1S/C24H19BrN2O3S/c25-14-9-10-22-20(11-14)26-23(28)21(13-31-22)27-24(29)30-12-19-17-7-3-1-5-15(17)16-6-2-4-8-18(16)19/h1-11,19,21H,12-13H2,(H,26,28)(H,27,29)/t21-/m0/s1. The third kappa shape index (κ3) is 3.95. The first kappa shape index (κ1) is 20.2. The Balaban J connectivity index is 1.25. The highest BCUT2D eigenvalue weighted by atomic mass is 79.9. The van der Waals surface area contributed by atoms with Gasteiger partial charge >= 0.3 is 6.09 Å². The normalized spacial score (nSPS) is 17.1. The number of ether oxygens (including phenoxy) is 1. The Labute approximate surface area is 192 Å². The molecule has 1 aliphatic carbocycles. The molecule has 5 rings (SSSR count). The van der Waals surface area contributed by atoms with Crippen molar-refractivity contribution >= 4 is 45.4 Å². The van der Waals surface area contributed by atoms with E-state index in [2.05, 4.69) is 50.8 Å². The van der Waals surface area contributed by atoms with Crippen LogP contribution in [0.3, 0.4) is 0 Å². The molecule has 5 nitrogen and oxygen atoms in total. The lowest BCUT2D eigenvalue weighted by atomic mass is 9.98. The minimum absolute atomic E-state index is 0.0166. The number of carbonyl (C=O) groups excluding carboxylic acids is 2. The first-order valence-corrected chi connectivity index (χ1v) is 11.7. The van der Waals surface area contributed by atoms with Crippen molar-refractivity contribution in [3.8, 4) is 11.1 Å². The fourth-order valence-electron chi connectivity index (χ4n) is 4.08. The molecular weight excluding hydrogens is 476 g/mol. The van der Waals surface area contributed by atoms with Crippen molar-refractivity contribution in [1.82, 2.24) is 5.32 Å². The molecule has 0 unspecified atom stereocenters. The average Bonchev–Trinajstić information content (AvgIpc) is 3.01. The first-order valence-electron chi connectivity index (χ1n) is 9.95. The highest BCUT2D eigenvalue weighted by molar-refractivity contribution is 9.10. The summed E-state index contributed by atoms with van der Waals surface area (Å²) in [6.07, 6.45) is -0.588. The zero-order chi connectivity index (χ0) is 21.4. The van der Waals surface area contributed by atoms with Crippen LogP contribution in [-0.4, -0.2) is 30.4 Å². The Hall–Kier alpha value is -2.77. The molecule has 156 valence electrons. The maximum absolute atomic E-state index is 12.6. The Kier molecular flexibility index (Phi) is 5.46. The summed E-state index contributed by atoms with van der Waals surface area (Å²) in [5, 5.41) is 5.61. The van der Waals surface area contributed by atoms with Crippen molar-refractivity contribution in [2.75, 3.05) is 17.7 Å². The van der Waals surface area contributed by atoms with E-state index in [1.54, 1.807) is 0 Å². The van der Waals surface area contributed by atoms with Crippen LogP contribution >= 0.6 is 27.7 Å². The van der Waals surface area contributed by atoms with Crippen LogP contribution in [0.4, 0.5) is 10.5 Å². The van der Waals surface area contributed by atoms with Gasteiger partial charge in [-0.05, 0) is 40.5 Å². The number of fused-ring (bicyclic) bond motifs is 4. The van der Waals surface area contributed by atoms with Gasteiger partial charge in [-0.25, -0.2) is 4.79 Å². The minimum atomic E-state index is -0.674. The summed E-state index contributed by atoms with van der Waals surface area (Å²) in [5.74, 6) is 0.167. The molecule has 0 fully saturated rings. The lowest BCUT2D eigenvalue weighted by Crippen LogP contribution is -2.45. The number of thioether (sulfide) groups is 1. The summed E-state index contributed by atoms with van der Waals surface area (Å²) in [5.41, 5.74) is 5.40. The molecule has 0 aromatic heterocycles. The second-order valence-electron chi connectivity index (χ2n) is 7.46. The molecule has 2 aliphatic rings. The minimum Gasteiger partial charge on any atom is -0.449 e. The van der Waals surface area contributed by atoms with Crippen LogP contribution in [0.15, 0.2) is 76.1 Å². The van der Waals surface area contributed by atoms with Gasteiger partial charge in [0.15, 0.2) is 0 Å². The number of hydrogen-bond donors (Lipinski definition) is 2. The molecule has 1 aliphatic heterocycles. The van der Waals surface area contributed by atoms with Crippen molar-refractivity contribution in [1.29, 1.82) is 0 Å². The quantitative estimate of drug-likeness (QED) is 0.511. The largest absolute Gasteiger partial charge is 0.449 e. The van der Waals surface area contributed by atoms with Crippen molar-refractivity contribution in [3.05, 3.63) is 82.3 Å². The van der Waals surface area contributed by atoms with E-state index < -0.39 is 12.1 Å². The maximum atomic E-state index is 12.6. The summed E-state index contributed by atoms with van der Waals surface area (Å²) < 4.78 is 6.47. The molecular formula is C24H19BrN2O3S. The van der Waals surface area contributed by atoms with Gasteiger partial charge < -0.3 is 15.4 Å². The van der Waals surface area contributed by atoms with Gasteiger partial charge in [0.25, 0.3) is 0 Å². The van der Waals surface area contributed by atoms with E-state index in [1.165, 1.54) is 22.9 Å². The number of nitrogens with one attached hydrogen (secondary N) is 2. The molecule has 0 bridgehead atoms. The van der Waals surface area contributed by atoms with Crippen LogP contribution in [-0.2, 0) is 9.53 Å². The van der Waals surface area contributed by atoms with Crippen LogP contribution in [0.5, 0.6) is 0 Å². The highest BCUT2D eigenvalue weighted by Crippen LogP contribution is 2.44. The Morgan fingerprint density at radius 2 is 1.74 bits per heavy atom. The molecule has 7 heteroatoms. The predicted molar refractivity (Wildman–Crippen MR) is 125 cm³/mol. The zero-order valence-corrected chi connectivity index (χ0v) is 18.8. The number of anilines is 1. The molecule has 2 amide bonds. The van der Waals surface area contributed by atoms with Gasteiger partial charge in [-0.3, -0.25) is 4.79 Å². The van der Waals surface area contributed by atoms with Gasteiger partial charge in [0.1, 0.15) is 12.6 Å². The van der Waals surface area contributed by atoms with Gasteiger partial charge in [0, 0.05) is 21.0 Å². The highest BCUT2D eigenvalue weighted by Gasteiger charge is 2.30. The van der Waals surface area contributed by atoms with E-state index in [0.29, 0.717) is 5.75 Å². The number of benzene rings is 3. The topological polar surface area (TPSA) is 67.4 Å². The van der Waals surface area contributed by atoms with Gasteiger partial charge in [-0.15, -0.1) is 11.8 Å². The van der Waals surface area contributed by atoms with Gasteiger partial charge in [-0.1, -0.05) is 64.5 Å². The molecule has 0 radical (unpaired) electrons. The molecule has 0 spiro atoms. The first-order chi connectivity index (χ1) is 15.1. The van der Waals surface area contributed by atoms with E-state index in [1.807, 2.05) is 42.5 Å².